The van der Waals surface area contributed by atoms with Crippen molar-refractivity contribution in [2.75, 3.05) is 17.7 Å². The van der Waals surface area contributed by atoms with Crippen LogP contribution in [0.1, 0.15) is 11.6 Å². The predicted molar refractivity (Wildman–Crippen MR) is 101 cm³/mol. The summed E-state index contributed by atoms with van der Waals surface area (Å²) in [5, 5.41) is 6.05. The van der Waals surface area contributed by atoms with Crippen molar-refractivity contribution >= 4 is 17.3 Å². The lowest BCUT2D eigenvalue weighted by Gasteiger charge is -2.20. The number of ether oxygens (including phenoxy) is 1. The number of halogens is 1. The number of hydrogen-bond donors (Lipinski definition) is 2. The molecule has 3 aromatic carbocycles. The number of amides is 1. The maximum Gasteiger partial charge on any atom is 0.251 e. The van der Waals surface area contributed by atoms with Crippen molar-refractivity contribution in [3.63, 3.8) is 0 Å². The average molecular weight is 350 g/mol. The molecule has 132 valence electrons. The van der Waals surface area contributed by atoms with Crippen molar-refractivity contribution in [2.24, 2.45) is 0 Å². The SMILES string of the molecule is COc1ccc(N[C@H](C(=O)Nc2ccc(F)cc2)c2ccccc2)cc1. The third-order valence-electron chi connectivity index (χ3n) is 3.91. The fourth-order valence-corrected chi connectivity index (χ4v) is 2.55. The van der Waals surface area contributed by atoms with Gasteiger partial charge < -0.3 is 15.4 Å². The Morgan fingerprint density at radius 3 is 2.12 bits per heavy atom. The topological polar surface area (TPSA) is 50.4 Å². The van der Waals surface area contributed by atoms with Crippen LogP contribution in [0.4, 0.5) is 15.8 Å². The van der Waals surface area contributed by atoms with Crippen molar-refractivity contribution in [2.45, 2.75) is 6.04 Å². The molecule has 0 bridgehead atoms. The minimum atomic E-state index is -0.602. The minimum Gasteiger partial charge on any atom is -0.497 e. The van der Waals surface area contributed by atoms with Crippen molar-refractivity contribution in [3.8, 4) is 5.75 Å². The van der Waals surface area contributed by atoms with Crippen molar-refractivity contribution in [1.82, 2.24) is 0 Å². The maximum atomic E-state index is 13.1. The normalized spacial score (nSPS) is 11.5. The molecule has 2 N–H and O–H groups in total. The van der Waals surface area contributed by atoms with Gasteiger partial charge in [0.25, 0.3) is 5.91 Å². The lowest BCUT2D eigenvalue weighted by molar-refractivity contribution is -0.117. The molecule has 0 aliphatic rings. The molecule has 4 nitrogen and oxygen atoms in total. The van der Waals surface area contributed by atoms with Crippen LogP contribution in [0.15, 0.2) is 78.9 Å². The lowest BCUT2D eigenvalue weighted by Crippen LogP contribution is -2.27. The van der Waals surface area contributed by atoms with Gasteiger partial charge in [0.2, 0.25) is 0 Å². The third-order valence-corrected chi connectivity index (χ3v) is 3.91. The molecule has 3 aromatic rings. The number of rotatable bonds is 6. The summed E-state index contributed by atoms with van der Waals surface area (Å²) in [5.41, 5.74) is 2.14. The van der Waals surface area contributed by atoms with E-state index >= 15 is 0 Å². The van der Waals surface area contributed by atoms with Crippen LogP contribution in [-0.4, -0.2) is 13.0 Å². The highest BCUT2D eigenvalue weighted by Gasteiger charge is 2.20. The van der Waals surface area contributed by atoms with Gasteiger partial charge in [0.05, 0.1) is 7.11 Å². The summed E-state index contributed by atoms with van der Waals surface area (Å²) in [6, 6.07) is 21.8. The first kappa shape index (κ1) is 17.5. The molecule has 0 aliphatic heterocycles. The maximum absolute atomic E-state index is 13.1. The van der Waals surface area contributed by atoms with Crippen LogP contribution in [0.2, 0.25) is 0 Å². The molecule has 0 fully saturated rings. The van der Waals surface area contributed by atoms with Crippen molar-refractivity contribution in [1.29, 1.82) is 0 Å². The molecule has 1 atom stereocenters. The van der Waals surface area contributed by atoms with E-state index in [9.17, 15) is 9.18 Å². The molecular formula is C21H19FN2O2. The number of carbonyl (C=O) groups excluding carboxylic acids is 1. The van der Waals surface area contributed by atoms with Crippen molar-refractivity contribution in [3.05, 3.63) is 90.2 Å². The molecule has 3 rings (SSSR count). The summed E-state index contributed by atoms with van der Waals surface area (Å²) in [5.74, 6) is 0.153. The van der Waals surface area contributed by atoms with E-state index in [1.807, 2.05) is 54.6 Å². The highest BCUT2D eigenvalue weighted by molar-refractivity contribution is 5.97. The van der Waals surface area contributed by atoms with Crippen LogP contribution in [0.3, 0.4) is 0 Å². The Morgan fingerprint density at radius 2 is 1.50 bits per heavy atom. The van der Waals surface area contributed by atoms with E-state index in [2.05, 4.69) is 10.6 Å². The third kappa shape index (κ3) is 4.39. The molecule has 0 saturated heterocycles. The molecule has 1 amide bonds. The Labute approximate surface area is 151 Å². The Bertz CT molecular complexity index is 849. The fourth-order valence-electron chi connectivity index (χ4n) is 2.55. The predicted octanol–water partition coefficient (Wildman–Crippen LogP) is 4.63. The van der Waals surface area contributed by atoms with E-state index in [1.54, 1.807) is 7.11 Å². The zero-order valence-electron chi connectivity index (χ0n) is 14.3. The molecule has 0 spiro atoms. The highest BCUT2D eigenvalue weighted by Crippen LogP contribution is 2.23. The number of carbonyl (C=O) groups is 1. The lowest BCUT2D eigenvalue weighted by atomic mass is 10.1. The van der Waals surface area contributed by atoms with Crippen LogP contribution in [0.5, 0.6) is 5.75 Å². The van der Waals surface area contributed by atoms with Gasteiger partial charge in [0, 0.05) is 11.4 Å². The second-order valence-corrected chi connectivity index (χ2v) is 5.71. The van der Waals surface area contributed by atoms with Gasteiger partial charge in [0.1, 0.15) is 17.6 Å². The second-order valence-electron chi connectivity index (χ2n) is 5.71. The second kappa shape index (κ2) is 8.16. The smallest absolute Gasteiger partial charge is 0.251 e. The first-order chi connectivity index (χ1) is 12.7. The molecule has 26 heavy (non-hydrogen) atoms. The van der Waals surface area contributed by atoms with Crippen LogP contribution in [0, 0.1) is 5.82 Å². The Balaban J connectivity index is 1.82. The zero-order valence-corrected chi connectivity index (χ0v) is 14.3. The Kier molecular flexibility index (Phi) is 5.49. The van der Waals surface area contributed by atoms with Gasteiger partial charge >= 0.3 is 0 Å². The first-order valence-electron chi connectivity index (χ1n) is 8.17. The number of nitrogens with one attached hydrogen (secondary N) is 2. The fraction of sp³-hybridized carbons (Fsp3) is 0.0952. The minimum absolute atomic E-state index is 0.237. The van der Waals surface area contributed by atoms with Crippen LogP contribution in [0.25, 0.3) is 0 Å². The molecule has 0 heterocycles. The Morgan fingerprint density at radius 1 is 0.885 bits per heavy atom. The number of benzene rings is 3. The van der Waals surface area contributed by atoms with Gasteiger partial charge in [-0.1, -0.05) is 30.3 Å². The average Bonchev–Trinajstić information content (AvgIpc) is 2.69. The summed E-state index contributed by atoms with van der Waals surface area (Å²) < 4.78 is 18.2. The van der Waals surface area contributed by atoms with E-state index in [-0.39, 0.29) is 11.7 Å². The standard InChI is InChI=1S/C21H19FN2O2/c1-26-19-13-11-17(12-14-19)23-20(15-5-3-2-4-6-15)21(25)24-18-9-7-16(22)8-10-18/h2-14,20,23H,1H3,(H,24,25)/t20-/m0/s1. The zero-order chi connectivity index (χ0) is 18.4. The number of anilines is 2. The van der Waals surface area contributed by atoms with Gasteiger partial charge in [-0.25, -0.2) is 4.39 Å². The summed E-state index contributed by atoms with van der Waals surface area (Å²) in [6.45, 7) is 0. The Hall–Kier alpha value is -3.34. The summed E-state index contributed by atoms with van der Waals surface area (Å²) >= 11 is 0. The molecule has 0 radical (unpaired) electrons. The quantitative estimate of drug-likeness (QED) is 0.682. The highest BCUT2D eigenvalue weighted by atomic mass is 19.1. The molecular weight excluding hydrogens is 331 g/mol. The molecule has 0 aliphatic carbocycles. The van der Waals surface area contributed by atoms with Gasteiger partial charge in [-0.05, 0) is 54.1 Å². The monoisotopic (exact) mass is 350 g/mol. The largest absolute Gasteiger partial charge is 0.497 e. The van der Waals surface area contributed by atoms with E-state index in [4.69, 9.17) is 4.74 Å². The first-order valence-corrected chi connectivity index (χ1v) is 8.17. The van der Waals surface area contributed by atoms with E-state index < -0.39 is 6.04 Å². The molecule has 0 aromatic heterocycles. The summed E-state index contributed by atoms with van der Waals surface area (Å²) in [7, 11) is 1.60. The molecule has 5 heteroatoms. The van der Waals surface area contributed by atoms with E-state index in [1.165, 1.54) is 24.3 Å². The van der Waals surface area contributed by atoms with Crippen LogP contribution < -0.4 is 15.4 Å². The van der Waals surface area contributed by atoms with Crippen molar-refractivity contribution < 1.29 is 13.9 Å². The molecule has 0 unspecified atom stereocenters. The molecule has 0 saturated carbocycles. The van der Waals surface area contributed by atoms with Gasteiger partial charge in [-0.2, -0.15) is 0 Å². The van der Waals surface area contributed by atoms with E-state index in [0.717, 1.165) is 17.0 Å². The number of hydrogen-bond acceptors (Lipinski definition) is 3. The number of methoxy groups -OCH3 is 1. The van der Waals surface area contributed by atoms with E-state index in [0.29, 0.717) is 5.69 Å². The van der Waals surface area contributed by atoms with Crippen LogP contribution >= 0.6 is 0 Å². The van der Waals surface area contributed by atoms with Gasteiger partial charge in [-0.3, -0.25) is 4.79 Å². The van der Waals surface area contributed by atoms with Crippen LogP contribution in [-0.2, 0) is 4.79 Å². The van der Waals surface area contributed by atoms with Gasteiger partial charge in [-0.15, -0.1) is 0 Å². The summed E-state index contributed by atoms with van der Waals surface area (Å²) in [4.78, 5) is 12.8. The van der Waals surface area contributed by atoms with Gasteiger partial charge in [0.15, 0.2) is 0 Å². The summed E-state index contributed by atoms with van der Waals surface area (Å²) in [6.07, 6.45) is 0.